The molecule has 2 aromatic rings. The van der Waals surface area contributed by atoms with Crippen LogP contribution in [0.3, 0.4) is 0 Å². The summed E-state index contributed by atoms with van der Waals surface area (Å²) in [4.78, 5) is 5.17. The molecular weight excluding hydrogens is 364 g/mol. The minimum absolute atomic E-state index is 0.572. The van der Waals surface area contributed by atoms with Crippen molar-refractivity contribution in [2.24, 2.45) is 0 Å². The van der Waals surface area contributed by atoms with E-state index < -0.39 is 0 Å². The lowest BCUT2D eigenvalue weighted by molar-refractivity contribution is 0.243. The monoisotopic (exact) mass is 402 g/mol. The van der Waals surface area contributed by atoms with Crippen LogP contribution >= 0.6 is 0 Å². The van der Waals surface area contributed by atoms with E-state index in [2.05, 4.69) is 68.0 Å². The van der Waals surface area contributed by atoms with Crippen LogP contribution in [0.5, 0.6) is 0 Å². The van der Waals surface area contributed by atoms with Crippen LogP contribution in [0.4, 0.5) is 0 Å². The zero-order valence-electron chi connectivity index (χ0n) is 19.4. The van der Waals surface area contributed by atoms with Gasteiger partial charge in [0.2, 0.25) is 0 Å². The Hall–Kier alpha value is -1.64. The molecule has 0 bridgehead atoms. The fourth-order valence-corrected chi connectivity index (χ4v) is 5.58. The Balaban J connectivity index is 1.41. The van der Waals surface area contributed by atoms with Crippen molar-refractivity contribution >= 4 is 0 Å². The molecule has 0 aromatic heterocycles. The second-order valence-corrected chi connectivity index (χ2v) is 10.5. The standard InChI is InChI=1S/C28H38N2/c1-19(2)24-15-25(28-10-12-30(27-7-8-27)18-26(28)16-24)13-20(3)21-5-6-23-17-29(4)11-9-22(23)14-21/h5-6,14-16,19-20,27H,7-13,17-18H2,1-4H3. The summed E-state index contributed by atoms with van der Waals surface area (Å²) in [6.07, 6.45) is 6.43. The van der Waals surface area contributed by atoms with Gasteiger partial charge < -0.3 is 4.90 Å². The van der Waals surface area contributed by atoms with Gasteiger partial charge in [-0.3, -0.25) is 4.90 Å². The molecule has 160 valence electrons. The van der Waals surface area contributed by atoms with Crippen LogP contribution in [0, 0.1) is 0 Å². The number of hydrogen-bond acceptors (Lipinski definition) is 2. The van der Waals surface area contributed by atoms with Crippen molar-refractivity contribution in [3.8, 4) is 0 Å². The van der Waals surface area contributed by atoms with Crippen molar-refractivity contribution in [3.05, 3.63) is 69.3 Å². The van der Waals surface area contributed by atoms with Crippen LogP contribution in [-0.2, 0) is 32.4 Å². The van der Waals surface area contributed by atoms with Gasteiger partial charge in [0, 0.05) is 32.2 Å². The van der Waals surface area contributed by atoms with Gasteiger partial charge in [0.15, 0.2) is 0 Å². The van der Waals surface area contributed by atoms with E-state index in [1.54, 1.807) is 22.3 Å². The molecule has 0 N–H and O–H groups in total. The highest BCUT2D eigenvalue weighted by molar-refractivity contribution is 5.44. The molecule has 5 rings (SSSR count). The molecule has 1 aliphatic carbocycles. The van der Waals surface area contributed by atoms with E-state index in [9.17, 15) is 0 Å². The van der Waals surface area contributed by atoms with Crippen LogP contribution in [0.15, 0.2) is 30.3 Å². The molecule has 1 saturated carbocycles. The molecule has 1 unspecified atom stereocenters. The molecule has 2 aliphatic heterocycles. The summed E-state index contributed by atoms with van der Waals surface area (Å²) >= 11 is 0. The van der Waals surface area contributed by atoms with E-state index in [0.717, 1.165) is 12.6 Å². The average molecular weight is 403 g/mol. The molecule has 2 aromatic carbocycles. The summed E-state index contributed by atoms with van der Waals surface area (Å²) in [5.74, 6) is 1.17. The highest BCUT2D eigenvalue weighted by Gasteiger charge is 2.32. The quantitative estimate of drug-likeness (QED) is 0.636. The van der Waals surface area contributed by atoms with Crippen molar-refractivity contribution in [1.29, 1.82) is 0 Å². The van der Waals surface area contributed by atoms with Crippen LogP contribution in [0.1, 0.15) is 84.4 Å². The molecule has 2 nitrogen and oxygen atoms in total. The average Bonchev–Trinajstić information content (AvgIpc) is 3.58. The molecule has 1 atom stereocenters. The van der Waals surface area contributed by atoms with Crippen molar-refractivity contribution in [2.45, 2.75) is 83.8 Å². The van der Waals surface area contributed by atoms with E-state index in [1.165, 1.54) is 68.4 Å². The van der Waals surface area contributed by atoms with Gasteiger partial charge in [-0.25, -0.2) is 0 Å². The highest BCUT2D eigenvalue weighted by Crippen LogP contribution is 2.36. The van der Waals surface area contributed by atoms with Crippen molar-refractivity contribution in [1.82, 2.24) is 9.80 Å². The molecule has 0 amide bonds. The van der Waals surface area contributed by atoms with Gasteiger partial charge in [0.1, 0.15) is 0 Å². The first kappa shape index (κ1) is 20.3. The first-order valence-electron chi connectivity index (χ1n) is 12.2. The van der Waals surface area contributed by atoms with Crippen LogP contribution in [0.2, 0.25) is 0 Å². The Morgan fingerprint density at radius 3 is 2.43 bits per heavy atom. The third kappa shape index (κ3) is 4.09. The fourth-order valence-electron chi connectivity index (χ4n) is 5.58. The van der Waals surface area contributed by atoms with Crippen LogP contribution < -0.4 is 0 Å². The minimum atomic E-state index is 0.572. The van der Waals surface area contributed by atoms with Crippen LogP contribution in [0.25, 0.3) is 0 Å². The summed E-state index contributed by atoms with van der Waals surface area (Å²) in [7, 11) is 2.23. The first-order valence-corrected chi connectivity index (χ1v) is 12.2. The lowest BCUT2D eigenvalue weighted by Crippen LogP contribution is -2.33. The van der Waals surface area contributed by atoms with E-state index in [4.69, 9.17) is 0 Å². The summed E-state index contributed by atoms with van der Waals surface area (Å²) in [5, 5.41) is 0. The Labute approximate surface area is 183 Å². The zero-order valence-corrected chi connectivity index (χ0v) is 19.4. The second-order valence-electron chi connectivity index (χ2n) is 10.5. The van der Waals surface area contributed by atoms with Crippen LogP contribution in [-0.4, -0.2) is 36.0 Å². The van der Waals surface area contributed by atoms with Gasteiger partial charge in [-0.1, -0.05) is 51.1 Å². The smallest absolute Gasteiger partial charge is 0.0239 e. The number of fused-ring (bicyclic) bond motifs is 2. The molecule has 0 saturated heterocycles. The maximum absolute atomic E-state index is 2.74. The van der Waals surface area contributed by atoms with E-state index in [-0.39, 0.29) is 0 Å². The molecule has 30 heavy (non-hydrogen) atoms. The molecule has 2 heterocycles. The summed E-state index contributed by atoms with van der Waals surface area (Å²) in [6, 6.07) is 13.2. The highest BCUT2D eigenvalue weighted by atomic mass is 15.2. The predicted molar refractivity (Wildman–Crippen MR) is 126 cm³/mol. The Bertz CT molecular complexity index is 924. The van der Waals surface area contributed by atoms with Crippen molar-refractivity contribution in [2.75, 3.05) is 20.1 Å². The number of hydrogen-bond donors (Lipinski definition) is 0. The number of rotatable bonds is 5. The molecule has 0 radical (unpaired) electrons. The first-order chi connectivity index (χ1) is 14.5. The van der Waals surface area contributed by atoms with Gasteiger partial charge in [-0.2, -0.15) is 0 Å². The fraction of sp³-hybridized carbons (Fsp3) is 0.571. The summed E-state index contributed by atoms with van der Waals surface area (Å²) in [5.41, 5.74) is 11.1. The number of benzene rings is 2. The van der Waals surface area contributed by atoms with E-state index in [1.807, 2.05) is 0 Å². The number of likely N-dealkylation sites (N-methyl/N-ethyl adjacent to an activating group) is 1. The Morgan fingerprint density at radius 1 is 0.867 bits per heavy atom. The SMILES string of the molecule is CC(C)c1cc(CC(C)c2ccc3c(c2)CCN(C)C3)c2c(c1)CN(C1CC1)CC2. The third-order valence-corrected chi connectivity index (χ3v) is 7.74. The summed E-state index contributed by atoms with van der Waals surface area (Å²) < 4.78 is 0. The van der Waals surface area contributed by atoms with Crippen molar-refractivity contribution < 1.29 is 0 Å². The van der Waals surface area contributed by atoms with E-state index >= 15 is 0 Å². The number of nitrogens with zero attached hydrogens (tertiary/aromatic N) is 2. The molecular formula is C28H38N2. The normalized spacial score (nSPS) is 20.8. The minimum Gasteiger partial charge on any atom is -0.302 e. The topological polar surface area (TPSA) is 6.48 Å². The maximum atomic E-state index is 2.74. The Kier molecular flexibility index (Phi) is 5.49. The largest absolute Gasteiger partial charge is 0.302 e. The van der Waals surface area contributed by atoms with Gasteiger partial charge in [0.25, 0.3) is 0 Å². The Morgan fingerprint density at radius 2 is 1.67 bits per heavy atom. The summed E-state index contributed by atoms with van der Waals surface area (Å²) in [6.45, 7) is 11.8. The van der Waals surface area contributed by atoms with Gasteiger partial charge in [-0.15, -0.1) is 0 Å². The molecule has 3 aliphatic rings. The molecule has 1 fully saturated rings. The predicted octanol–water partition coefficient (Wildman–Crippen LogP) is 5.66. The third-order valence-electron chi connectivity index (χ3n) is 7.74. The van der Waals surface area contributed by atoms with Gasteiger partial charge in [-0.05, 0) is 89.9 Å². The molecule has 0 spiro atoms. The lowest BCUT2D eigenvalue weighted by Gasteiger charge is -2.32. The zero-order chi connectivity index (χ0) is 20.8. The molecule has 2 heteroatoms. The second kappa shape index (κ2) is 8.13. The maximum Gasteiger partial charge on any atom is 0.0239 e. The van der Waals surface area contributed by atoms with Gasteiger partial charge >= 0.3 is 0 Å². The van der Waals surface area contributed by atoms with Crippen molar-refractivity contribution in [3.63, 3.8) is 0 Å². The van der Waals surface area contributed by atoms with Gasteiger partial charge in [0.05, 0.1) is 0 Å². The lowest BCUT2D eigenvalue weighted by atomic mass is 9.83. The van der Waals surface area contributed by atoms with E-state index in [0.29, 0.717) is 11.8 Å².